The van der Waals surface area contributed by atoms with E-state index in [1.165, 1.54) is 4.90 Å². The number of aliphatic carboxylic acids is 1. The van der Waals surface area contributed by atoms with E-state index >= 15 is 0 Å². The van der Waals surface area contributed by atoms with Gasteiger partial charge in [-0.3, -0.25) is 9.59 Å². The molecule has 0 radical (unpaired) electrons. The Hall–Kier alpha value is -3.35. The number of alkyl carbamates (subject to hydrolysis) is 1. The highest BCUT2D eigenvalue weighted by atomic mass is 16.5. The lowest BCUT2D eigenvalue weighted by Crippen LogP contribution is -2.64. The fourth-order valence-electron chi connectivity index (χ4n) is 4.73. The second-order valence-corrected chi connectivity index (χ2v) is 9.39. The minimum Gasteiger partial charge on any atom is -0.481 e. The minimum absolute atomic E-state index is 0.0624. The third-order valence-corrected chi connectivity index (χ3v) is 7.00. The van der Waals surface area contributed by atoms with Crippen LogP contribution in [0.1, 0.15) is 44.2 Å². The third kappa shape index (κ3) is 4.19. The Morgan fingerprint density at radius 2 is 1.64 bits per heavy atom. The number of amides is 2. The lowest BCUT2D eigenvalue weighted by molar-refractivity contribution is -0.165. The second-order valence-electron chi connectivity index (χ2n) is 9.39. The molecule has 0 saturated carbocycles. The molecule has 1 fully saturated rings. The zero-order valence-corrected chi connectivity index (χ0v) is 19.2. The number of benzene rings is 2. The van der Waals surface area contributed by atoms with Gasteiger partial charge in [0.25, 0.3) is 0 Å². The molecule has 0 bridgehead atoms. The maximum absolute atomic E-state index is 13.0. The van der Waals surface area contributed by atoms with Gasteiger partial charge in [0.05, 0.1) is 5.41 Å². The molecule has 0 aromatic heterocycles. The summed E-state index contributed by atoms with van der Waals surface area (Å²) in [6, 6.07) is 15.4. The van der Waals surface area contributed by atoms with Crippen molar-refractivity contribution >= 4 is 18.0 Å². The van der Waals surface area contributed by atoms with Gasteiger partial charge in [0.15, 0.2) is 0 Å². The van der Waals surface area contributed by atoms with Crippen molar-refractivity contribution in [1.82, 2.24) is 10.2 Å². The highest BCUT2D eigenvalue weighted by Gasteiger charge is 2.49. The molecule has 2 aromatic rings. The number of rotatable bonds is 7. The Morgan fingerprint density at radius 1 is 1.09 bits per heavy atom. The molecule has 1 aliphatic heterocycles. The van der Waals surface area contributed by atoms with Gasteiger partial charge in [-0.2, -0.15) is 0 Å². The number of fused-ring (bicyclic) bond motifs is 3. The number of hydrogen-bond acceptors (Lipinski definition) is 4. The summed E-state index contributed by atoms with van der Waals surface area (Å²) in [5.41, 5.74) is 3.60. The molecule has 174 valence electrons. The molecule has 0 spiro atoms. The fraction of sp³-hybridized carbons (Fsp3) is 0.423. The first kappa shape index (κ1) is 22.8. The average Bonchev–Trinajstić information content (AvgIpc) is 3.11. The van der Waals surface area contributed by atoms with E-state index in [2.05, 4.69) is 29.6 Å². The molecule has 1 unspecified atom stereocenters. The van der Waals surface area contributed by atoms with Crippen LogP contribution in [0.5, 0.6) is 0 Å². The normalized spacial score (nSPS) is 17.8. The SMILES string of the molecule is CCC(C)[C@H](NC(=O)OCC1c2ccccc2-c2ccccc21)C(=O)N1CC(C)(C(=O)O)C1. The molecule has 2 aliphatic rings. The number of hydrogen-bond donors (Lipinski definition) is 2. The fourth-order valence-corrected chi connectivity index (χ4v) is 4.73. The van der Waals surface area contributed by atoms with Gasteiger partial charge in [0.2, 0.25) is 5.91 Å². The number of carbonyl (C=O) groups is 3. The molecule has 4 rings (SSSR count). The van der Waals surface area contributed by atoms with Crippen molar-refractivity contribution in [1.29, 1.82) is 0 Å². The Morgan fingerprint density at radius 3 is 2.15 bits per heavy atom. The van der Waals surface area contributed by atoms with E-state index in [1.807, 2.05) is 38.1 Å². The average molecular weight is 451 g/mol. The number of carboxylic acid groups (broad SMARTS) is 1. The second kappa shape index (κ2) is 8.89. The number of ether oxygens (including phenoxy) is 1. The Bertz CT molecular complexity index is 1030. The van der Waals surface area contributed by atoms with Crippen molar-refractivity contribution in [3.8, 4) is 11.1 Å². The number of nitrogens with one attached hydrogen (secondary N) is 1. The number of nitrogens with zero attached hydrogens (tertiary/aromatic N) is 1. The zero-order chi connectivity index (χ0) is 23.8. The smallest absolute Gasteiger partial charge is 0.407 e. The molecule has 1 heterocycles. The lowest BCUT2D eigenvalue weighted by Gasteiger charge is -2.46. The molecule has 33 heavy (non-hydrogen) atoms. The molecule has 1 aliphatic carbocycles. The van der Waals surface area contributed by atoms with Gasteiger partial charge in [-0.1, -0.05) is 68.8 Å². The van der Waals surface area contributed by atoms with Gasteiger partial charge in [-0.05, 0) is 35.1 Å². The van der Waals surface area contributed by atoms with Gasteiger partial charge in [0, 0.05) is 19.0 Å². The topological polar surface area (TPSA) is 95.9 Å². The van der Waals surface area contributed by atoms with E-state index in [0.29, 0.717) is 6.42 Å². The van der Waals surface area contributed by atoms with E-state index < -0.39 is 23.5 Å². The van der Waals surface area contributed by atoms with Crippen LogP contribution in [0.3, 0.4) is 0 Å². The van der Waals surface area contributed by atoms with Gasteiger partial charge in [0.1, 0.15) is 12.6 Å². The predicted octanol–water partition coefficient (Wildman–Crippen LogP) is 3.87. The van der Waals surface area contributed by atoms with E-state index in [9.17, 15) is 19.5 Å². The van der Waals surface area contributed by atoms with Crippen LogP contribution in [0.15, 0.2) is 48.5 Å². The maximum Gasteiger partial charge on any atom is 0.407 e. The van der Waals surface area contributed by atoms with Crippen molar-refractivity contribution in [2.75, 3.05) is 19.7 Å². The van der Waals surface area contributed by atoms with Gasteiger partial charge in [-0.25, -0.2) is 4.79 Å². The quantitative estimate of drug-likeness (QED) is 0.668. The standard InChI is InChI=1S/C26H30N2O5/c1-4-16(2)22(23(29)28-14-26(3,15-28)24(30)31)27-25(32)33-13-21-19-11-7-5-9-17(19)18-10-6-8-12-20(18)21/h5-12,16,21-22H,4,13-15H2,1-3H3,(H,27,32)(H,30,31)/t16?,22-/m0/s1. The molecule has 2 N–H and O–H groups in total. The van der Waals surface area contributed by atoms with Crippen LogP contribution < -0.4 is 5.32 Å². The third-order valence-electron chi connectivity index (χ3n) is 7.00. The number of likely N-dealkylation sites (tertiary alicyclic amines) is 1. The van der Waals surface area contributed by atoms with E-state index in [4.69, 9.17) is 4.74 Å². The van der Waals surface area contributed by atoms with Crippen LogP contribution in [0.25, 0.3) is 11.1 Å². The highest BCUT2D eigenvalue weighted by Crippen LogP contribution is 2.44. The van der Waals surface area contributed by atoms with Crippen molar-refractivity contribution in [3.63, 3.8) is 0 Å². The Labute approximate surface area is 193 Å². The van der Waals surface area contributed by atoms with E-state index in [-0.39, 0.29) is 37.4 Å². The molecule has 7 nitrogen and oxygen atoms in total. The predicted molar refractivity (Wildman–Crippen MR) is 124 cm³/mol. The highest BCUT2D eigenvalue weighted by molar-refractivity contribution is 5.89. The van der Waals surface area contributed by atoms with Gasteiger partial charge < -0.3 is 20.1 Å². The van der Waals surface area contributed by atoms with Crippen LogP contribution in [0.2, 0.25) is 0 Å². The number of carboxylic acids is 1. The monoisotopic (exact) mass is 450 g/mol. The first-order chi connectivity index (χ1) is 15.7. The summed E-state index contributed by atoms with van der Waals surface area (Å²) in [6.07, 6.45) is 0.0430. The maximum atomic E-state index is 13.0. The molecule has 1 saturated heterocycles. The van der Waals surface area contributed by atoms with Crippen LogP contribution in [0, 0.1) is 11.3 Å². The largest absolute Gasteiger partial charge is 0.481 e. The van der Waals surface area contributed by atoms with Crippen molar-refractivity contribution in [2.45, 2.75) is 39.2 Å². The summed E-state index contributed by atoms with van der Waals surface area (Å²) in [5.74, 6) is -1.37. The van der Waals surface area contributed by atoms with Crippen molar-refractivity contribution < 1.29 is 24.2 Å². The molecule has 2 aromatic carbocycles. The molecule has 2 amide bonds. The summed E-state index contributed by atoms with van der Waals surface area (Å²) in [6.45, 7) is 5.91. The van der Waals surface area contributed by atoms with Crippen LogP contribution >= 0.6 is 0 Å². The zero-order valence-electron chi connectivity index (χ0n) is 19.2. The van der Waals surface area contributed by atoms with Crippen LogP contribution in [-0.2, 0) is 14.3 Å². The van der Waals surface area contributed by atoms with Gasteiger partial charge in [-0.15, -0.1) is 0 Å². The number of carbonyl (C=O) groups excluding carboxylic acids is 2. The van der Waals surface area contributed by atoms with E-state index in [0.717, 1.165) is 22.3 Å². The van der Waals surface area contributed by atoms with Crippen molar-refractivity contribution in [3.05, 3.63) is 59.7 Å². The van der Waals surface area contributed by atoms with Crippen LogP contribution in [0.4, 0.5) is 4.79 Å². The molecular formula is C26H30N2O5. The molecule has 7 heteroatoms. The van der Waals surface area contributed by atoms with Gasteiger partial charge >= 0.3 is 12.1 Å². The Kier molecular flexibility index (Phi) is 6.15. The first-order valence-electron chi connectivity index (χ1n) is 11.4. The summed E-state index contributed by atoms with van der Waals surface area (Å²) in [7, 11) is 0. The molecular weight excluding hydrogens is 420 g/mol. The first-order valence-corrected chi connectivity index (χ1v) is 11.4. The summed E-state index contributed by atoms with van der Waals surface area (Å²) in [4.78, 5) is 38.6. The van der Waals surface area contributed by atoms with Crippen LogP contribution in [-0.4, -0.2) is 53.7 Å². The summed E-state index contributed by atoms with van der Waals surface area (Å²) >= 11 is 0. The Balaban J connectivity index is 1.42. The minimum atomic E-state index is -0.931. The summed E-state index contributed by atoms with van der Waals surface area (Å²) in [5, 5.41) is 12.1. The lowest BCUT2D eigenvalue weighted by atomic mass is 9.81. The summed E-state index contributed by atoms with van der Waals surface area (Å²) < 4.78 is 5.61. The van der Waals surface area contributed by atoms with Crippen molar-refractivity contribution in [2.24, 2.45) is 11.3 Å². The van der Waals surface area contributed by atoms with E-state index in [1.54, 1.807) is 6.92 Å². The molecule has 2 atom stereocenters.